The zero-order chi connectivity index (χ0) is 21.5. The zero-order valence-corrected chi connectivity index (χ0v) is 19.0. The van der Waals surface area contributed by atoms with Crippen LogP contribution < -0.4 is 15.5 Å². The Bertz CT molecular complexity index is 883. The Labute approximate surface area is 188 Å². The molecule has 5 nitrogen and oxygen atoms in total. The Morgan fingerprint density at radius 2 is 1.87 bits per heavy atom. The maximum atomic E-state index is 11.9. The molecule has 1 aliphatic rings. The van der Waals surface area contributed by atoms with E-state index >= 15 is 0 Å². The van der Waals surface area contributed by atoms with E-state index in [0.29, 0.717) is 28.0 Å². The molecule has 1 fully saturated rings. The molecule has 2 aromatic rings. The lowest BCUT2D eigenvalue weighted by Crippen LogP contribution is -2.31. The number of hydrogen-bond donors (Lipinski definition) is 2. The molecule has 30 heavy (non-hydrogen) atoms. The summed E-state index contributed by atoms with van der Waals surface area (Å²) in [5, 5.41) is 7.22. The number of carbonyl (C=O) groups excluding carboxylic acids is 1. The van der Waals surface area contributed by atoms with E-state index in [1.165, 1.54) is 24.9 Å². The quantitative estimate of drug-likeness (QED) is 0.448. The smallest absolute Gasteiger partial charge is 0.339 e. The Kier molecular flexibility index (Phi) is 7.94. The van der Waals surface area contributed by atoms with Crippen LogP contribution in [0.3, 0.4) is 0 Å². The van der Waals surface area contributed by atoms with Gasteiger partial charge in [-0.3, -0.25) is 0 Å². The number of esters is 1. The summed E-state index contributed by atoms with van der Waals surface area (Å²) in [6, 6.07) is 13.8. The van der Waals surface area contributed by atoms with Crippen molar-refractivity contribution < 1.29 is 9.53 Å². The van der Waals surface area contributed by atoms with Crippen LogP contribution in [0.4, 0.5) is 11.4 Å². The van der Waals surface area contributed by atoms with E-state index in [2.05, 4.69) is 46.7 Å². The SMILES string of the molecule is CCOC(=O)c1ccc(NC(=S)N[C@H](C)c2ccc(N3CCCCC3)cc2)cc1Cl. The molecule has 0 saturated carbocycles. The molecule has 0 spiro atoms. The van der Waals surface area contributed by atoms with Crippen molar-refractivity contribution >= 4 is 46.3 Å². The number of carbonyl (C=O) groups is 1. The third-order valence-electron chi connectivity index (χ3n) is 5.18. The van der Waals surface area contributed by atoms with Crippen LogP contribution >= 0.6 is 23.8 Å². The minimum atomic E-state index is -0.434. The van der Waals surface area contributed by atoms with Gasteiger partial charge in [-0.15, -0.1) is 0 Å². The van der Waals surface area contributed by atoms with Gasteiger partial charge in [0.25, 0.3) is 0 Å². The Morgan fingerprint density at radius 1 is 1.17 bits per heavy atom. The second-order valence-electron chi connectivity index (χ2n) is 7.37. The van der Waals surface area contributed by atoms with Gasteiger partial charge in [0.1, 0.15) is 0 Å². The monoisotopic (exact) mass is 445 g/mol. The molecular formula is C23H28ClN3O2S. The molecule has 2 aromatic carbocycles. The van der Waals surface area contributed by atoms with E-state index < -0.39 is 5.97 Å². The molecular weight excluding hydrogens is 418 g/mol. The van der Waals surface area contributed by atoms with E-state index in [0.717, 1.165) is 18.7 Å². The van der Waals surface area contributed by atoms with Crippen LogP contribution in [-0.4, -0.2) is 30.8 Å². The normalized spacial score (nSPS) is 14.7. The van der Waals surface area contributed by atoms with Gasteiger partial charge in [0.2, 0.25) is 0 Å². The molecule has 3 rings (SSSR count). The van der Waals surface area contributed by atoms with E-state index in [1.807, 2.05) is 0 Å². The standard InChI is InChI=1S/C23H28ClN3O2S/c1-3-29-22(28)20-12-9-18(15-21(20)24)26-23(30)25-16(2)17-7-10-19(11-8-17)27-13-5-4-6-14-27/h7-12,15-16H,3-6,13-14H2,1-2H3,(H2,25,26,30)/t16-/m1/s1. The molecule has 1 saturated heterocycles. The maximum Gasteiger partial charge on any atom is 0.339 e. The van der Waals surface area contributed by atoms with Crippen LogP contribution in [0.15, 0.2) is 42.5 Å². The molecule has 0 unspecified atom stereocenters. The highest BCUT2D eigenvalue weighted by molar-refractivity contribution is 7.80. The van der Waals surface area contributed by atoms with Crippen molar-refractivity contribution in [1.29, 1.82) is 0 Å². The fourth-order valence-corrected chi connectivity index (χ4v) is 4.09. The fourth-order valence-electron chi connectivity index (χ4n) is 3.54. The van der Waals surface area contributed by atoms with Crippen LogP contribution in [0.25, 0.3) is 0 Å². The molecule has 1 heterocycles. The highest BCUT2D eigenvalue weighted by atomic mass is 35.5. The number of halogens is 1. The molecule has 0 amide bonds. The van der Waals surface area contributed by atoms with Crippen LogP contribution in [0.2, 0.25) is 5.02 Å². The van der Waals surface area contributed by atoms with Crippen molar-refractivity contribution in [1.82, 2.24) is 5.32 Å². The molecule has 0 bridgehead atoms. The first kappa shape index (κ1) is 22.4. The van der Waals surface area contributed by atoms with Crippen molar-refractivity contribution in [2.24, 2.45) is 0 Å². The van der Waals surface area contributed by atoms with Gasteiger partial charge in [-0.2, -0.15) is 0 Å². The molecule has 1 aliphatic heterocycles. The summed E-state index contributed by atoms with van der Waals surface area (Å²) in [6.45, 7) is 6.41. The largest absolute Gasteiger partial charge is 0.462 e. The highest BCUT2D eigenvalue weighted by Gasteiger charge is 2.14. The number of nitrogens with zero attached hydrogens (tertiary/aromatic N) is 1. The van der Waals surface area contributed by atoms with Crippen molar-refractivity contribution in [3.05, 3.63) is 58.6 Å². The summed E-state index contributed by atoms with van der Waals surface area (Å²) in [5.41, 5.74) is 3.49. The number of rotatable bonds is 6. The number of anilines is 2. The zero-order valence-electron chi connectivity index (χ0n) is 17.4. The Hall–Kier alpha value is -2.31. The molecule has 0 radical (unpaired) electrons. The second-order valence-corrected chi connectivity index (χ2v) is 8.19. The first-order valence-electron chi connectivity index (χ1n) is 10.4. The van der Waals surface area contributed by atoms with Gasteiger partial charge in [-0.25, -0.2) is 4.79 Å². The minimum Gasteiger partial charge on any atom is -0.462 e. The third-order valence-corrected chi connectivity index (χ3v) is 5.72. The number of nitrogens with one attached hydrogen (secondary N) is 2. The van der Waals surface area contributed by atoms with Crippen LogP contribution in [0.5, 0.6) is 0 Å². The van der Waals surface area contributed by atoms with Gasteiger partial charge >= 0.3 is 5.97 Å². The van der Waals surface area contributed by atoms with Crippen molar-refractivity contribution in [3.8, 4) is 0 Å². The average Bonchev–Trinajstić information content (AvgIpc) is 2.74. The summed E-state index contributed by atoms with van der Waals surface area (Å²) < 4.78 is 4.99. The summed E-state index contributed by atoms with van der Waals surface area (Å²) in [6.07, 6.45) is 3.87. The van der Waals surface area contributed by atoms with E-state index in [-0.39, 0.29) is 6.04 Å². The van der Waals surface area contributed by atoms with Crippen LogP contribution in [-0.2, 0) is 4.74 Å². The topological polar surface area (TPSA) is 53.6 Å². The van der Waals surface area contributed by atoms with Crippen LogP contribution in [0.1, 0.15) is 55.1 Å². The number of piperidine rings is 1. The van der Waals surface area contributed by atoms with Gasteiger partial charge in [0.05, 0.1) is 23.2 Å². The van der Waals surface area contributed by atoms with Gasteiger partial charge in [0, 0.05) is 24.5 Å². The number of thiocarbonyl (C=S) groups is 1. The highest BCUT2D eigenvalue weighted by Crippen LogP contribution is 2.24. The lowest BCUT2D eigenvalue weighted by atomic mass is 10.1. The summed E-state index contributed by atoms with van der Waals surface area (Å²) in [4.78, 5) is 14.3. The van der Waals surface area contributed by atoms with Crippen molar-refractivity contribution in [3.63, 3.8) is 0 Å². The van der Waals surface area contributed by atoms with Crippen molar-refractivity contribution in [2.75, 3.05) is 29.9 Å². The molecule has 7 heteroatoms. The first-order chi connectivity index (χ1) is 14.5. The lowest BCUT2D eigenvalue weighted by Gasteiger charge is -2.29. The molecule has 2 N–H and O–H groups in total. The first-order valence-corrected chi connectivity index (χ1v) is 11.2. The van der Waals surface area contributed by atoms with Gasteiger partial charge in [-0.05, 0) is 81.2 Å². The number of benzene rings is 2. The molecule has 0 aromatic heterocycles. The Morgan fingerprint density at radius 3 is 2.50 bits per heavy atom. The summed E-state index contributed by atoms with van der Waals surface area (Å²) in [5.74, 6) is -0.434. The van der Waals surface area contributed by atoms with Gasteiger partial charge in [-0.1, -0.05) is 23.7 Å². The summed E-state index contributed by atoms with van der Waals surface area (Å²) >= 11 is 11.7. The second kappa shape index (κ2) is 10.6. The van der Waals surface area contributed by atoms with E-state index in [1.54, 1.807) is 25.1 Å². The predicted octanol–water partition coefficient (Wildman–Crippen LogP) is 5.55. The average molecular weight is 446 g/mol. The van der Waals surface area contributed by atoms with E-state index in [9.17, 15) is 4.79 Å². The van der Waals surface area contributed by atoms with Gasteiger partial charge in [0.15, 0.2) is 5.11 Å². The van der Waals surface area contributed by atoms with Gasteiger partial charge < -0.3 is 20.3 Å². The fraction of sp³-hybridized carbons (Fsp3) is 0.391. The number of hydrogen-bond acceptors (Lipinski definition) is 4. The van der Waals surface area contributed by atoms with E-state index in [4.69, 9.17) is 28.6 Å². The molecule has 0 aliphatic carbocycles. The molecule has 1 atom stereocenters. The minimum absolute atomic E-state index is 0.0506. The Balaban J connectivity index is 1.56. The maximum absolute atomic E-state index is 11.9. The summed E-state index contributed by atoms with van der Waals surface area (Å²) in [7, 11) is 0. The number of ether oxygens (including phenoxy) is 1. The third kappa shape index (κ3) is 5.86. The predicted molar refractivity (Wildman–Crippen MR) is 128 cm³/mol. The molecule has 160 valence electrons. The lowest BCUT2D eigenvalue weighted by molar-refractivity contribution is 0.0526. The van der Waals surface area contributed by atoms with Crippen LogP contribution in [0, 0.1) is 0 Å². The van der Waals surface area contributed by atoms with Crippen molar-refractivity contribution in [2.45, 2.75) is 39.2 Å².